The van der Waals surface area contributed by atoms with Crippen LogP contribution < -0.4 is 0 Å². The topological polar surface area (TPSA) is 24.7 Å². The molecular formula is C5H10N2Si. The molecule has 0 aromatic carbocycles. The van der Waals surface area contributed by atoms with Gasteiger partial charge in [-0.05, 0) is 13.8 Å². The van der Waals surface area contributed by atoms with Crippen molar-refractivity contribution in [3.05, 3.63) is 0 Å². The van der Waals surface area contributed by atoms with Gasteiger partial charge in [-0.2, -0.15) is 0 Å². The quantitative estimate of drug-likeness (QED) is 0.407. The van der Waals surface area contributed by atoms with Gasteiger partial charge < -0.3 is 4.66 Å². The highest BCUT2D eigenvalue weighted by molar-refractivity contribution is 6.67. The van der Waals surface area contributed by atoms with Crippen LogP contribution in [0.25, 0.3) is 0 Å². The van der Waals surface area contributed by atoms with Crippen molar-refractivity contribution in [2.45, 2.75) is 19.4 Å². The fourth-order valence-electron chi connectivity index (χ4n) is 0.633. The fraction of sp³-hybridized carbons (Fsp3) is 0.600. The van der Waals surface area contributed by atoms with Crippen LogP contribution in [0.5, 0.6) is 0 Å². The Balaban J connectivity index is 2.69. The van der Waals surface area contributed by atoms with Crippen LogP contribution in [0.1, 0.15) is 13.8 Å². The minimum absolute atomic E-state index is 0.00868. The minimum atomic E-state index is -0.283. The number of aliphatic imine (C=N–C) groups is 1. The number of nitrogens with zero attached hydrogens (tertiary/aromatic N) is 2. The van der Waals surface area contributed by atoms with Gasteiger partial charge >= 0.3 is 0 Å². The van der Waals surface area contributed by atoms with Crippen molar-refractivity contribution in [3.8, 4) is 0 Å². The number of hydrogen-bond acceptors (Lipinski definition) is 2. The second-order valence-corrected chi connectivity index (χ2v) is 3.56. The Morgan fingerprint density at radius 1 is 1.50 bits per heavy atom. The average molecular weight is 126 g/mol. The van der Waals surface area contributed by atoms with Crippen molar-refractivity contribution in [2.24, 2.45) is 9.65 Å². The smallest absolute Gasteiger partial charge is 0.192 e. The lowest BCUT2D eigenvalue weighted by Crippen LogP contribution is -2.23. The molecule has 3 heteroatoms. The van der Waals surface area contributed by atoms with Crippen LogP contribution in [0, 0.1) is 0 Å². The molecule has 0 spiro atoms. The first kappa shape index (κ1) is 5.69. The molecule has 1 heterocycles. The predicted octanol–water partition coefficient (Wildman–Crippen LogP) is -0.0385. The highest BCUT2D eigenvalue weighted by atomic mass is 28.2. The largest absolute Gasteiger partial charge is 0.332 e. The molecular weight excluding hydrogens is 116 g/mol. The Hall–Kier alpha value is -0.443. The van der Waals surface area contributed by atoms with Crippen molar-refractivity contribution in [3.63, 3.8) is 0 Å². The van der Waals surface area contributed by atoms with E-state index < -0.39 is 0 Å². The lowest BCUT2D eigenvalue weighted by atomic mass is 10.1. The van der Waals surface area contributed by atoms with Crippen LogP contribution >= 0.6 is 0 Å². The van der Waals surface area contributed by atoms with E-state index in [1.165, 1.54) is 0 Å². The fourth-order valence-corrected chi connectivity index (χ4v) is 1.83. The van der Waals surface area contributed by atoms with Gasteiger partial charge in [0.25, 0.3) is 0 Å². The van der Waals surface area contributed by atoms with Gasteiger partial charge in [-0.3, -0.25) is 4.99 Å². The van der Waals surface area contributed by atoms with Crippen molar-refractivity contribution in [1.29, 1.82) is 0 Å². The van der Waals surface area contributed by atoms with Crippen molar-refractivity contribution in [1.82, 2.24) is 0 Å². The van der Waals surface area contributed by atoms with Crippen molar-refractivity contribution >= 4 is 21.7 Å². The van der Waals surface area contributed by atoms with Gasteiger partial charge in [-0.25, -0.2) is 0 Å². The lowest BCUT2D eigenvalue weighted by Gasteiger charge is -2.15. The maximum Gasteiger partial charge on any atom is 0.192 e. The van der Waals surface area contributed by atoms with E-state index in [-0.39, 0.29) is 15.2 Å². The van der Waals surface area contributed by atoms with Gasteiger partial charge in [0, 0.05) is 12.1 Å². The SMILES string of the molecule is CC1(C)C=N[SiH2]C=N1. The molecule has 0 fully saturated rings. The highest BCUT2D eigenvalue weighted by Crippen LogP contribution is 2.05. The molecule has 1 rings (SSSR count). The van der Waals surface area contributed by atoms with E-state index in [2.05, 4.69) is 23.5 Å². The maximum atomic E-state index is 4.25. The van der Waals surface area contributed by atoms with Crippen LogP contribution in [0.3, 0.4) is 0 Å². The number of rotatable bonds is 0. The molecule has 0 aromatic rings. The lowest BCUT2D eigenvalue weighted by molar-refractivity contribution is 0.721. The first-order valence-corrected chi connectivity index (χ1v) is 4.20. The Kier molecular flexibility index (Phi) is 1.29. The van der Waals surface area contributed by atoms with Crippen molar-refractivity contribution in [2.75, 3.05) is 0 Å². The van der Waals surface area contributed by atoms with Crippen LogP contribution in [0.15, 0.2) is 9.65 Å². The van der Waals surface area contributed by atoms with Gasteiger partial charge in [0.2, 0.25) is 0 Å². The molecule has 44 valence electrons. The summed E-state index contributed by atoms with van der Waals surface area (Å²) in [5, 5.41) is 0. The molecule has 0 radical (unpaired) electrons. The summed E-state index contributed by atoms with van der Waals surface area (Å²) in [7, 11) is -0.283. The van der Waals surface area contributed by atoms with Gasteiger partial charge in [-0.1, -0.05) is 0 Å². The molecule has 0 aromatic heterocycles. The Labute approximate surface area is 51.6 Å². The Morgan fingerprint density at radius 2 is 2.25 bits per heavy atom. The van der Waals surface area contributed by atoms with Gasteiger partial charge in [0.1, 0.15) is 0 Å². The summed E-state index contributed by atoms with van der Waals surface area (Å²) in [6, 6.07) is 0. The molecule has 0 N–H and O–H groups in total. The van der Waals surface area contributed by atoms with E-state index in [0.29, 0.717) is 0 Å². The Morgan fingerprint density at radius 3 is 2.50 bits per heavy atom. The second kappa shape index (κ2) is 1.82. The summed E-state index contributed by atoms with van der Waals surface area (Å²) in [6.45, 7) is 4.11. The summed E-state index contributed by atoms with van der Waals surface area (Å²) in [6.07, 6.45) is 1.94. The molecule has 8 heavy (non-hydrogen) atoms. The average Bonchev–Trinajstić information content (AvgIpc) is 1.65. The number of hydrogen-bond donors (Lipinski definition) is 0. The third kappa shape index (κ3) is 1.26. The van der Waals surface area contributed by atoms with Crippen LogP contribution in [0.2, 0.25) is 0 Å². The molecule has 0 atom stereocenters. The summed E-state index contributed by atoms with van der Waals surface area (Å²) < 4.78 is 4.19. The molecule has 2 nitrogen and oxygen atoms in total. The third-order valence-electron chi connectivity index (χ3n) is 1.02. The standard InChI is InChI=1S/C5H10N2Si/c1-5(2)3-7-8-4-6-5/h3-4H,8H2,1-2H3. The zero-order chi connectivity index (χ0) is 6.04. The molecule has 0 saturated carbocycles. The van der Waals surface area contributed by atoms with E-state index in [1.54, 1.807) is 0 Å². The zero-order valence-corrected chi connectivity index (χ0v) is 6.67. The maximum absolute atomic E-state index is 4.25. The molecule has 0 amide bonds. The van der Waals surface area contributed by atoms with Crippen LogP contribution in [-0.4, -0.2) is 27.3 Å². The summed E-state index contributed by atoms with van der Waals surface area (Å²) >= 11 is 0. The van der Waals surface area contributed by atoms with E-state index in [1.807, 2.05) is 12.1 Å². The molecule has 0 saturated heterocycles. The van der Waals surface area contributed by atoms with Gasteiger partial charge in [0.05, 0.1) is 5.54 Å². The molecule has 0 aliphatic carbocycles. The first-order chi connectivity index (χ1) is 3.71. The molecule has 0 unspecified atom stereocenters. The molecule has 0 bridgehead atoms. The first-order valence-electron chi connectivity index (χ1n) is 2.75. The summed E-state index contributed by atoms with van der Waals surface area (Å²) in [5.74, 6) is 1.99. The van der Waals surface area contributed by atoms with Crippen molar-refractivity contribution < 1.29 is 0 Å². The predicted molar refractivity (Wildman–Crippen MR) is 39.6 cm³/mol. The van der Waals surface area contributed by atoms with Crippen LogP contribution in [0.4, 0.5) is 0 Å². The zero-order valence-electron chi connectivity index (χ0n) is 5.26. The van der Waals surface area contributed by atoms with Crippen LogP contribution in [-0.2, 0) is 0 Å². The normalized spacial score (nSPS) is 26.8. The van der Waals surface area contributed by atoms with E-state index in [0.717, 1.165) is 0 Å². The second-order valence-electron chi connectivity index (χ2n) is 2.46. The van der Waals surface area contributed by atoms with Gasteiger partial charge in [-0.15, -0.1) is 0 Å². The monoisotopic (exact) mass is 126 g/mol. The van der Waals surface area contributed by atoms with E-state index in [4.69, 9.17) is 0 Å². The van der Waals surface area contributed by atoms with Gasteiger partial charge in [0.15, 0.2) is 9.68 Å². The highest BCUT2D eigenvalue weighted by Gasteiger charge is 2.12. The molecule has 1 aliphatic heterocycles. The summed E-state index contributed by atoms with van der Waals surface area (Å²) in [5.41, 5.74) is -0.00868. The van der Waals surface area contributed by atoms with E-state index >= 15 is 0 Å². The third-order valence-corrected chi connectivity index (χ3v) is 1.76. The minimum Gasteiger partial charge on any atom is -0.332 e. The Bertz CT molecular complexity index is 123. The van der Waals surface area contributed by atoms with E-state index in [9.17, 15) is 0 Å². The summed E-state index contributed by atoms with van der Waals surface area (Å²) in [4.78, 5) is 4.25. The molecule has 1 aliphatic rings.